The van der Waals surface area contributed by atoms with Crippen LogP contribution in [0.15, 0.2) is 290 Å². The standard InChI is InChI=1S/2C21H27N2.C18H15P.2C15H10.C7H7ClO2S.2C2H3N.2CH4.4ClH.2Ru/c2*1-14-9-16(3)20(17(4)10-14)22-7-8-23(13-22)21-18(5)11-15(2)12-19(21)6;1-4-10-16(11-5-1)19(17-12-6-2-7-13-17)18-14-8-3-9-15-18;2*1-2-6-12(7-3-1)15-11-10-13-8-4-5-9-14(13)15;1-6-2-4-7(5-3-6)11(8,9)10;2*1-2-3;;;;;;;;/h2*9-13H,7-8H2,1-6H3;1-15H;2*1-9,11H;2-5H,1H3;2*1H3;2*1H4;4*1H;;/q2*-1;;;;;;;;;;;;;2*+2/p-3. The molecule has 120 heavy (non-hydrogen) atoms. The number of nitriles is 2. The van der Waals surface area contributed by atoms with Gasteiger partial charge in [-0.2, -0.15) is 23.9 Å². The molecule has 16 rings (SSSR count). The fourth-order valence-corrected chi connectivity index (χ4v) is 23.8. The third kappa shape index (κ3) is 26.6. The van der Waals surface area contributed by atoms with Crippen molar-refractivity contribution in [2.75, 3.05) is 45.8 Å². The molecule has 17 heteroatoms. The molecule has 0 bridgehead atoms. The van der Waals surface area contributed by atoms with E-state index in [2.05, 4.69) is 328 Å². The monoisotopic (exact) mass is 1910 g/mol. The van der Waals surface area contributed by atoms with E-state index in [1.807, 2.05) is 55.5 Å². The van der Waals surface area contributed by atoms with Gasteiger partial charge >= 0.3 is 240 Å². The number of anilines is 4. The molecule has 8 nitrogen and oxygen atoms in total. The van der Waals surface area contributed by atoms with Crippen molar-refractivity contribution in [2.45, 2.75) is 124 Å². The van der Waals surface area contributed by atoms with Gasteiger partial charge in [-0.3, -0.25) is 0 Å². The number of halogens is 5. The topological polar surface area (TPSA) is 94.7 Å². The Morgan fingerprint density at radius 3 is 0.775 bits per heavy atom. The molecule has 0 saturated carbocycles. The zero-order valence-corrected chi connectivity index (χ0v) is 78.7. The van der Waals surface area contributed by atoms with E-state index in [4.69, 9.17) is 60.0 Å². The SMILES string of the molecule is C.C.CC#N.CC#N.Cc1cc(C)c(N2[CH-]N(c3c(C)cc(C)cc3C)CC2)c(C)c1.Cc1cc(C)c(N2[CH-]N(c3c(C)cc(C)cc3C)CC2)c(C)c1.Cc1ccc(S(=O)(=O)Cl)cc1.[Cl][Ru]([Cl])=[C]1C=C(c2ccccc2)c2ccccc21.[Cl][Ru]([Cl])=[C]1C=C(c2ccccc2)c2ccccc21.c1ccc([PH+](c2ccccc2)c2ccccc2)cc1. The smallest absolute Gasteiger partial charge is 0.0620 e. The summed E-state index contributed by atoms with van der Waals surface area (Å²) >= 11 is -3.76. The van der Waals surface area contributed by atoms with E-state index < -0.39 is 44.0 Å². The van der Waals surface area contributed by atoms with E-state index in [1.165, 1.54) is 176 Å². The first-order valence-electron chi connectivity index (χ1n) is 38.8. The summed E-state index contributed by atoms with van der Waals surface area (Å²) < 4.78 is 23.7. The number of allylic oxidation sites excluding steroid dienone is 2. The van der Waals surface area contributed by atoms with Crippen LogP contribution < -0.4 is 35.5 Å². The molecular formula is C103H111Cl5N6O2PRu2S-. The minimum atomic E-state index is -3.55. The van der Waals surface area contributed by atoms with Crippen molar-refractivity contribution in [2.24, 2.45) is 0 Å². The van der Waals surface area contributed by atoms with Crippen LogP contribution in [0.5, 0.6) is 0 Å². The molecule has 0 amide bonds. The maximum Gasteiger partial charge on any atom is 0.102 e. The second kappa shape index (κ2) is 47.5. The van der Waals surface area contributed by atoms with Crippen LogP contribution in [-0.2, 0) is 36.1 Å². The summed E-state index contributed by atoms with van der Waals surface area (Å²) in [6, 6.07) is 98.0. The molecule has 0 radical (unpaired) electrons. The van der Waals surface area contributed by atoms with Crippen molar-refractivity contribution in [3.8, 4) is 12.1 Å². The Kier molecular flexibility index (Phi) is 38.9. The molecule has 2 fully saturated rings. The Bertz CT molecular complexity index is 5200. The Morgan fingerprint density at radius 2 is 0.550 bits per heavy atom. The quantitative estimate of drug-likeness (QED) is 0.0578. The third-order valence-electron chi connectivity index (χ3n) is 19.8. The first-order chi connectivity index (χ1) is 56.5. The average molecular weight is 1910 g/mol. The second-order valence-corrected chi connectivity index (χ2v) is 45.8. The first kappa shape index (κ1) is 98.2. The van der Waals surface area contributed by atoms with E-state index in [1.54, 1.807) is 24.3 Å². The second-order valence-electron chi connectivity index (χ2n) is 29.1. The minimum absolute atomic E-state index is 0. The van der Waals surface area contributed by atoms with Crippen molar-refractivity contribution in [3.63, 3.8) is 0 Å². The molecule has 12 aromatic carbocycles. The maximum atomic E-state index is 10.7. The van der Waals surface area contributed by atoms with Crippen LogP contribution >= 0.6 is 57.4 Å². The Morgan fingerprint density at radius 1 is 0.333 bits per heavy atom. The van der Waals surface area contributed by atoms with Crippen LogP contribution in [0.4, 0.5) is 22.7 Å². The van der Waals surface area contributed by atoms with Gasteiger partial charge < -0.3 is 19.6 Å². The van der Waals surface area contributed by atoms with Crippen molar-refractivity contribution >= 4 is 124 Å². The van der Waals surface area contributed by atoms with E-state index in [-0.39, 0.29) is 19.7 Å². The molecule has 628 valence electrons. The first-order valence-corrected chi connectivity index (χ1v) is 53.3. The van der Waals surface area contributed by atoms with Crippen LogP contribution in [0, 0.1) is 126 Å². The largest absolute Gasteiger partial charge is 0.102 e. The zero-order valence-electron chi connectivity index (χ0n) is 69.6. The fourth-order valence-electron chi connectivity index (χ4n) is 15.5. The molecule has 12 aromatic rings. The zero-order chi connectivity index (χ0) is 85.3. The number of aryl methyl sites for hydroxylation is 13. The van der Waals surface area contributed by atoms with E-state index in [9.17, 15) is 8.42 Å². The number of fused-ring (bicyclic) bond motifs is 2. The number of rotatable bonds is 10. The number of benzene rings is 12. The summed E-state index contributed by atoms with van der Waals surface area (Å²) in [5.74, 6) is 0. The number of hydrogen-bond acceptors (Lipinski definition) is 8. The average Bonchev–Trinajstić information content (AvgIpc) is 1.68. The van der Waals surface area contributed by atoms with Crippen LogP contribution in [0.2, 0.25) is 0 Å². The molecule has 0 N–H and O–H groups in total. The van der Waals surface area contributed by atoms with E-state index in [0.717, 1.165) is 40.0 Å². The Labute approximate surface area is 749 Å². The summed E-state index contributed by atoms with van der Waals surface area (Å²) in [4.78, 5) is 9.77. The molecule has 0 spiro atoms. The molecule has 0 aromatic heterocycles. The molecule has 4 aliphatic rings. The van der Waals surface area contributed by atoms with Gasteiger partial charge in [0, 0.05) is 73.5 Å². The predicted octanol–water partition coefficient (Wildman–Crippen LogP) is 26.6. The van der Waals surface area contributed by atoms with Gasteiger partial charge in [-0.1, -0.05) is 158 Å². The summed E-state index contributed by atoms with van der Waals surface area (Å²) in [5, 5.41) is 18.9. The van der Waals surface area contributed by atoms with Crippen molar-refractivity contribution in [1.29, 1.82) is 10.5 Å². The molecule has 2 aliphatic heterocycles. The van der Waals surface area contributed by atoms with Gasteiger partial charge in [0.25, 0.3) is 9.05 Å². The summed E-state index contributed by atoms with van der Waals surface area (Å²) in [6.45, 7) is 39.9. The van der Waals surface area contributed by atoms with E-state index in [0.29, 0.717) is 0 Å². The van der Waals surface area contributed by atoms with Crippen molar-refractivity contribution in [1.82, 2.24) is 0 Å². The van der Waals surface area contributed by atoms with Crippen LogP contribution in [0.1, 0.15) is 134 Å². The van der Waals surface area contributed by atoms with Gasteiger partial charge in [0.1, 0.15) is 15.9 Å². The molecule has 2 aliphatic carbocycles. The Hall–Kier alpha value is -8.88. The fraction of sp³-hybridized carbons (Fsp3) is 0.204. The molecule has 2 heterocycles. The number of nitrogens with zero attached hydrogens (tertiary/aromatic N) is 6. The van der Waals surface area contributed by atoms with Crippen LogP contribution in [-0.4, -0.2) is 42.8 Å². The van der Waals surface area contributed by atoms with Crippen molar-refractivity contribution < 1.29 is 35.5 Å². The maximum absolute atomic E-state index is 10.7. The van der Waals surface area contributed by atoms with Crippen LogP contribution in [0.3, 0.4) is 0 Å². The van der Waals surface area contributed by atoms with Gasteiger partial charge in [-0.15, -0.1) is 0 Å². The van der Waals surface area contributed by atoms with Gasteiger partial charge in [0.2, 0.25) is 0 Å². The normalized spacial score (nSPS) is 12.8. The van der Waals surface area contributed by atoms with Gasteiger partial charge in [0.05, 0.1) is 25.0 Å². The van der Waals surface area contributed by atoms with Gasteiger partial charge in [-0.05, 0) is 183 Å². The summed E-state index contributed by atoms with van der Waals surface area (Å²) in [7, 11) is 25.4. The van der Waals surface area contributed by atoms with E-state index >= 15 is 0 Å². The van der Waals surface area contributed by atoms with Crippen molar-refractivity contribution in [3.05, 3.63) is 404 Å². The van der Waals surface area contributed by atoms with Crippen LogP contribution in [0.25, 0.3) is 11.1 Å². The molecule has 2 saturated heterocycles. The predicted molar refractivity (Wildman–Crippen MR) is 519 cm³/mol. The number of hydrogen-bond donors (Lipinski definition) is 0. The Balaban J connectivity index is 0.000000197. The molecule has 0 unspecified atom stereocenters. The minimum Gasteiger partial charge on any atom is -0.0620 e. The van der Waals surface area contributed by atoms with Gasteiger partial charge in [0.15, 0.2) is 0 Å². The summed E-state index contributed by atoms with van der Waals surface area (Å²) in [6.07, 6.45) is 4.30. The van der Waals surface area contributed by atoms with Gasteiger partial charge in [-0.25, -0.2) is 8.42 Å². The molecular weight excluding hydrogens is 1800 g/mol. The molecule has 0 atom stereocenters. The summed E-state index contributed by atoms with van der Waals surface area (Å²) in [5.41, 5.74) is 32.4. The third-order valence-corrected chi connectivity index (χ3v) is 30.2.